The van der Waals surface area contributed by atoms with Gasteiger partial charge in [-0.25, -0.2) is 0 Å². The average Bonchev–Trinajstić information content (AvgIpc) is 3.01. The third kappa shape index (κ3) is 4.09. The van der Waals surface area contributed by atoms with E-state index in [4.69, 9.17) is 0 Å². The first-order valence-corrected chi connectivity index (χ1v) is 7.65. The summed E-state index contributed by atoms with van der Waals surface area (Å²) in [5.41, 5.74) is 5.47. The second-order valence-electron chi connectivity index (χ2n) is 5.48. The van der Waals surface area contributed by atoms with Crippen LogP contribution in [-0.2, 0) is 25.7 Å². The molecule has 0 aliphatic heterocycles. The van der Waals surface area contributed by atoms with Gasteiger partial charge in [-0.1, -0.05) is 60.7 Å². The van der Waals surface area contributed by atoms with E-state index in [1.807, 2.05) is 0 Å². The zero-order valence-electron chi connectivity index (χ0n) is 12.3. The van der Waals surface area contributed by atoms with Crippen LogP contribution < -0.4 is 0 Å². The lowest BCUT2D eigenvalue weighted by Gasteiger charge is -2.01. The molecular formula is C20H21N. The highest BCUT2D eigenvalue weighted by Gasteiger charge is 2.01. The average molecular weight is 275 g/mol. The summed E-state index contributed by atoms with van der Waals surface area (Å²) in [6, 6.07) is 25.8. The van der Waals surface area contributed by atoms with Crippen molar-refractivity contribution < 1.29 is 0 Å². The molecule has 1 heteroatoms. The molecule has 0 fully saturated rings. The molecule has 1 nitrogen and oxygen atoms in total. The summed E-state index contributed by atoms with van der Waals surface area (Å²) >= 11 is 0. The minimum Gasteiger partial charge on any atom is -0.362 e. The molecule has 0 unspecified atom stereocenters. The fourth-order valence-electron chi connectivity index (χ4n) is 2.63. The van der Waals surface area contributed by atoms with Crippen molar-refractivity contribution in [1.82, 2.24) is 4.98 Å². The van der Waals surface area contributed by atoms with E-state index in [9.17, 15) is 0 Å². The van der Waals surface area contributed by atoms with Gasteiger partial charge in [0.05, 0.1) is 0 Å². The summed E-state index contributed by atoms with van der Waals surface area (Å²) in [4.78, 5) is 3.55. The highest BCUT2D eigenvalue weighted by molar-refractivity contribution is 5.20. The number of aromatic amines is 1. The fourth-order valence-corrected chi connectivity index (χ4v) is 2.63. The van der Waals surface area contributed by atoms with Crippen LogP contribution >= 0.6 is 0 Å². The van der Waals surface area contributed by atoms with Crippen molar-refractivity contribution in [3.8, 4) is 0 Å². The molecule has 2 aromatic carbocycles. The number of aryl methyl sites for hydroxylation is 4. The largest absolute Gasteiger partial charge is 0.362 e. The van der Waals surface area contributed by atoms with Crippen LogP contribution in [-0.4, -0.2) is 4.98 Å². The summed E-state index contributed by atoms with van der Waals surface area (Å²) in [7, 11) is 0. The highest BCUT2D eigenvalue weighted by atomic mass is 14.7. The van der Waals surface area contributed by atoms with E-state index in [0.29, 0.717) is 0 Å². The molecule has 0 amide bonds. The van der Waals surface area contributed by atoms with Crippen LogP contribution in [0.2, 0.25) is 0 Å². The van der Waals surface area contributed by atoms with Crippen LogP contribution in [0.5, 0.6) is 0 Å². The van der Waals surface area contributed by atoms with Gasteiger partial charge in [0.25, 0.3) is 0 Å². The van der Waals surface area contributed by atoms with Crippen LogP contribution in [0.15, 0.2) is 72.8 Å². The Morgan fingerprint density at radius 2 is 0.905 bits per heavy atom. The second kappa shape index (κ2) is 6.94. The number of nitrogens with one attached hydrogen (secondary N) is 1. The normalized spacial score (nSPS) is 10.7. The molecule has 3 aromatic rings. The van der Waals surface area contributed by atoms with Crippen molar-refractivity contribution in [2.75, 3.05) is 0 Å². The van der Waals surface area contributed by atoms with Gasteiger partial charge in [0, 0.05) is 11.4 Å². The van der Waals surface area contributed by atoms with E-state index in [-0.39, 0.29) is 0 Å². The molecule has 1 N–H and O–H groups in total. The summed E-state index contributed by atoms with van der Waals surface area (Å²) in [6.07, 6.45) is 4.35. The van der Waals surface area contributed by atoms with Crippen molar-refractivity contribution in [3.63, 3.8) is 0 Å². The predicted molar refractivity (Wildman–Crippen MR) is 88.5 cm³/mol. The number of hydrogen-bond acceptors (Lipinski definition) is 0. The van der Waals surface area contributed by atoms with Gasteiger partial charge in [-0.05, 0) is 48.9 Å². The van der Waals surface area contributed by atoms with E-state index >= 15 is 0 Å². The van der Waals surface area contributed by atoms with E-state index in [0.717, 1.165) is 25.7 Å². The zero-order valence-corrected chi connectivity index (χ0v) is 12.3. The molecule has 106 valence electrons. The van der Waals surface area contributed by atoms with E-state index in [1.165, 1.54) is 22.5 Å². The Morgan fingerprint density at radius 1 is 0.476 bits per heavy atom. The Hall–Kier alpha value is -2.28. The van der Waals surface area contributed by atoms with Gasteiger partial charge >= 0.3 is 0 Å². The molecule has 3 rings (SSSR count). The van der Waals surface area contributed by atoms with Crippen LogP contribution in [0.4, 0.5) is 0 Å². The van der Waals surface area contributed by atoms with Crippen LogP contribution in [0.3, 0.4) is 0 Å². The Labute approximate surface area is 126 Å². The Bertz CT molecular complexity index is 595. The van der Waals surface area contributed by atoms with Gasteiger partial charge in [0.2, 0.25) is 0 Å². The van der Waals surface area contributed by atoms with Crippen LogP contribution in [0.1, 0.15) is 22.5 Å². The first-order valence-electron chi connectivity index (χ1n) is 7.65. The van der Waals surface area contributed by atoms with E-state index in [2.05, 4.69) is 77.8 Å². The van der Waals surface area contributed by atoms with Crippen molar-refractivity contribution in [2.24, 2.45) is 0 Å². The maximum absolute atomic E-state index is 3.55. The Balaban J connectivity index is 1.52. The van der Waals surface area contributed by atoms with Gasteiger partial charge in [-0.15, -0.1) is 0 Å². The predicted octanol–water partition coefficient (Wildman–Crippen LogP) is 4.59. The molecule has 0 aliphatic carbocycles. The zero-order chi connectivity index (χ0) is 14.3. The van der Waals surface area contributed by atoms with Gasteiger partial charge in [-0.3, -0.25) is 0 Å². The third-order valence-corrected chi connectivity index (χ3v) is 3.86. The molecule has 0 saturated carbocycles. The number of hydrogen-bond donors (Lipinski definition) is 1. The third-order valence-electron chi connectivity index (χ3n) is 3.86. The fraction of sp³-hybridized carbons (Fsp3) is 0.200. The number of benzene rings is 2. The number of H-pyrrole nitrogens is 1. The molecule has 0 aliphatic rings. The molecular weight excluding hydrogens is 254 g/mol. The molecule has 0 bridgehead atoms. The topological polar surface area (TPSA) is 15.8 Å². The summed E-state index contributed by atoms with van der Waals surface area (Å²) in [6.45, 7) is 0. The number of rotatable bonds is 6. The van der Waals surface area contributed by atoms with Crippen molar-refractivity contribution in [1.29, 1.82) is 0 Å². The highest BCUT2D eigenvalue weighted by Crippen LogP contribution is 2.10. The lowest BCUT2D eigenvalue weighted by Crippen LogP contribution is -1.94. The minimum absolute atomic E-state index is 1.08. The molecule has 21 heavy (non-hydrogen) atoms. The van der Waals surface area contributed by atoms with Crippen molar-refractivity contribution >= 4 is 0 Å². The molecule has 1 heterocycles. The van der Waals surface area contributed by atoms with Crippen molar-refractivity contribution in [3.05, 3.63) is 95.3 Å². The van der Waals surface area contributed by atoms with Crippen LogP contribution in [0.25, 0.3) is 0 Å². The van der Waals surface area contributed by atoms with Gasteiger partial charge in [0.1, 0.15) is 0 Å². The van der Waals surface area contributed by atoms with Gasteiger partial charge < -0.3 is 4.98 Å². The summed E-state index contributed by atoms with van der Waals surface area (Å²) in [5, 5.41) is 0. The first-order chi connectivity index (χ1) is 10.4. The maximum Gasteiger partial charge on any atom is 0.0152 e. The van der Waals surface area contributed by atoms with Crippen LogP contribution in [0, 0.1) is 0 Å². The minimum atomic E-state index is 1.08. The Morgan fingerprint density at radius 3 is 1.33 bits per heavy atom. The lowest BCUT2D eigenvalue weighted by molar-refractivity contribution is 0.881. The second-order valence-corrected chi connectivity index (χ2v) is 5.48. The monoisotopic (exact) mass is 275 g/mol. The summed E-state index contributed by atoms with van der Waals surface area (Å²) < 4.78 is 0. The SMILES string of the molecule is c1ccc(CCc2ccc(CCc3ccccc3)[nH]2)cc1. The molecule has 0 radical (unpaired) electrons. The lowest BCUT2D eigenvalue weighted by atomic mass is 10.1. The molecule has 0 spiro atoms. The maximum atomic E-state index is 3.55. The standard InChI is InChI=1S/C20H21N/c1-3-7-17(8-4-1)11-13-19-15-16-20(21-19)14-12-18-9-5-2-6-10-18/h1-10,15-16,21H,11-14H2. The van der Waals surface area contributed by atoms with Gasteiger partial charge in [0.15, 0.2) is 0 Å². The first kappa shape index (κ1) is 13.7. The number of aromatic nitrogens is 1. The molecule has 1 aromatic heterocycles. The van der Waals surface area contributed by atoms with Gasteiger partial charge in [-0.2, -0.15) is 0 Å². The Kier molecular flexibility index (Phi) is 4.52. The van der Waals surface area contributed by atoms with E-state index < -0.39 is 0 Å². The molecule has 0 atom stereocenters. The molecule has 0 saturated heterocycles. The quantitative estimate of drug-likeness (QED) is 0.677. The summed E-state index contributed by atoms with van der Waals surface area (Å²) in [5.74, 6) is 0. The van der Waals surface area contributed by atoms with E-state index in [1.54, 1.807) is 0 Å². The smallest absolute Gasteiger partial charge is 0.0152 e. The van der Waals surface area contributed by atoms with Crippen molar-refractivity contribution in [2.45, 2.75) is 25.7 Å².